The van der Waals surface area contributed by atoms with Crippen molar-refractivity contribution < 1.29 is 13.5 Å². The number of aliphatic hydroxyl groups excluding tert-OH is 1. The van der Waals surface area contributed by atoms with Gasteiger partial charge in [-0.25, -0.2) is 8.42 Å². The van der Waals surface area contributed by atoms with Crippen LogP contribution in [0, 0.1) is 6.92 Å². The molecule has 4 heteroatoms. The van der Waals surface area contributed by atoms with Crippen molar-refractivity contribution in [2.24, 2.45) is 0 Å². The van der Waals surface area contributed by atoms with Gasteiger partial charge in [0.15, 0.2) is 0 Å². The molecule has 0 radical (unpaired) electrons. The Balaban J connectivity index is 2.40. The summed E-state index contributed by atoms with van der Waals surface area (Å²) >= 11 is 0. The standard InChI is InChI=1S/C13H20O3S/c1-11-6-3-4-7-12(11)10-13(14)8-5-9-17(2,15)16/h3-4,6-7,13-14H,5,8-10H2,1-2H3. The van der Waals surface area contributed by atoms with Crippen LogP contribution in [0.4, 0.5) is 0 Å². The first-order chi connectivity index (χ1) is 7.88. The van der Waals surface area contributed by atoms with E-state index in [4.69, 9.17) is 0 Å². The Bertz CT molecular complexity index is 451. The van der Waals surface area contributed by atoms with Gasteiger partial charge in [-0.15, -0.1) is 0 Å². The third-order valence-electron chi connectivity index (χ3n) is 2.77. The second kappa shape index (κ2) is 6.17. The summed E-state index contributed by atoms with van der Waals surface area (Å²) in [7, 11) is -2.91. The molecule has 0 aliphatic heterocycles. The molecule has 1 atom stereocenters. The highest BCUT2D eigenvalue weighted by molar-refractivity contribution is 7.90. The van der Waals surface area contributed by atoms with E-state index >= 15 is 0 Å². The molecule has 3 nitrogen and oxygen atoms in total. The maximum Gasteiger partial charge on any atom is 0.147 e. The maximum absolute atomic E-state index is 10.9. The average Bonchev–Trinajstić information content (AvgIpc) is 2.19. The summed E-state index contributed by atoms with van der Waals surface area (Å²) in [6.07, 6.45) is 2.41. The van der Waals surface area contributed by atoms with E-state index < -0.39 is 15.9 Å². The summed E-state index contributed by atoms with van der Waals surface area (Å²) in [4.78, 5) is 0. The van der Waals surface area contributed by atoms with E-state index in [1.165, 1.54) is 6.26 Å². The Hall–Kier alpha value is -0.870. The van der Waals surface area contributed by atoms with Crippen molar-refractivity contribution in [2.45, 2.75) is 32.3 Å². The predicted molar refractivity (Wildman–Crippen MR) is 69.8 cm³/mol. The van der Waals surface area contributed by atoms with Crippen molar-refractivity contribution in [2.75, 3.05) is 12.0 Å². The minimum absolute atomic E-state index is 0.151. The SMILES string of the molecule is Cc1ccccc1CC(O)CCCS(C)(=O)=O. The van der Waals surface area contributed by atoms with Crippen molar-refractivity contribution >= 4 is 9.84 Å². The lowest BCUT2D eigenvalue weighted by molar-refractivity contribution is 0.164. The van der Waals surface area contributed by atoms with Crippen LogP contribution in [0.15, 0.2) is 24.3 Å². The normalized spacial score (nSPS) is 13.6. The lowest BCUT2D eigenvalue weighted by Crippen LogP contribution is -2.13. The van der Waals surface area contributed by atoms with Gasteiger partial charge in [-0.2, -0.15) is 0 Å². The Labute approximate surface area is 103 Å². The third-order valence-corrected chi connectivity index (χ3v) is 3.80. The molecule has 0 aliphatic carbocycles. The molecule has 17 heavy (non-hydrogen) atoms. The van der Waals surface area contributed by atoms with Gasteiger partial charge in [0.05, 0.1) is 6.10 Å². The molecule has 0 heterocycles. The second-order valence-corrected chi connectivity index (χ2v) is 6.82. The molecule has 0 aromatic heterocycles. The second-order valence-electron chi connectivity index (χ2n) is 4.56. The summed E-state index contributed by atoms with van der Waals surface area (Å²) in [5, 5.41) is 9.83. The Kier molecular flexibility index (Phi) is 5.15. The highest BCUT2D eigenvalue weighted by atomic mass is 32.2. The van der Waals surface area contributed by atoms with Crippen molar-refractivity contribution in [3.8, 4) is 0 Å². The molecule has 0 amide bonds. The third kappa shape index (κ3) is 5.84. The van der Waals surface area contributed by atoms with Gasteiger partial charge in [0.2, 0.25) is 0 Å². The van der Waals surface area contributed by atoms with E-state index in [1.54, 1.807) is 0 Å². The number of hydrogen-bond donors (Lipinski definition) is 1. The van der Waals surface area contributed by atoms with E-state index in [2.05, 4.69) is 0 Å². The van der Waals surface area contributed by atoms with Gasteiger partial charge in [-0.05, 0) is 37.3 Å². The van der Waals surface area contributed by atoms with Crippen LogP contribution >= 0.6 is 0 Å². The topological polar surface area (TPSA) is 54.4 Å². The van der Waals surface area contributed by atoms with Gasteiger partial charge in [-0.1, -0.05) is 24.3 Å². The van der Waals surface area contributed by atoms with E-state index in [0.29, 0.717) is 19.3 Å². The van der Waals surface area contributed by atoms with Gasteiger partial charge in [0, 0.05) is 12.0 Å². The lowest BCUT2D eigenvalue weighted by atomic mass is 10.0. The summed E-state index contributed by atoms with van der Waals surface area (Å²) in [5.74, 6) is 0.151. The molecule has 0 spiro atoms. The fourth-order valence-electron chi connectivity index (χ4n) is 1.78. The molecule has 0 saturated carbocycles. The van der Waals surface area contributed by atoms with Crippen LogP contribution in [0.25, 0.3) is 0 Å². The average molecular weight is 256 g/mol. The van der Waals surface area contributed by atoms with Crippen molar-refractivity contribution in [3.05, 3.63) is 35.4 Å². The molecular weight excluding hydrogens is 236 g/mol. The monoisotopic (exact) mass is 256 g/mol. The van der Waals surface area contributed by atoms with E-state index in [1.807, 2.05) is 31.2 Å². The predicted octanol–water partition coefficient (Wildman–Crippen LogP) is 1.72. The molecule has 1 aromatic carbocycles. The highest BCUT2D eigenvalue weighted by Gasteiger charge is 2.09. The Morgan fingerprint density at radius 3 is 2.53 bits per heavy atom. The number of benzene rings is 1. The molecule has 1 N–H and O–H groups in total. The van der Waals surface area contributed by atoms with Gasteiger partial charge in [0.1, 0.15) is 9.84 Å². The number of rotatable bonds is 6. The number of aliphatic hydroxyl groups is 1. The number of sulfone groups is 1. The smallest absolute Gasteiger partial charge is 0.147 e. The van der Waals surface area contributed by atoms with Crippen LogP contribution in [-0.2, 0) is 16.3 Å². The Morgan fingerprint density at radius 2 is 1.94 bits per heavy atom. The van der Waals surface area contributed by atoms with Crippen molar-refractivity contribution in [1.29, 1.82) is 0 Å². The summed E-state index contributed by atoms with van der Waals surface area (Å²) in [6, 6.07) is 7.92. The summed E-state index contributed by atoms with van der Waals surface area (Å²) in [5.41, 5.74) is 2.29. The first-order valence-corrected chi connectivity index (χ1v) is 7.85. The van der Waals surface area contributed by atoms with Crippen LogP contribution < -0.4 is 0 Å². The Morgan fingerprint density at radius 1 is 1.29 bits per heavy atom. The van der Waals surface area contributed by atoms with E-state index in [9.17, 15) is 13.5 Å². The molecular formula is C13H20O3S. The molecule has 0 saturated heterocycles. The van der Waals surface area contributed by atoms with Crippen LogP contribution in [0.2, 0.25) is 0 Å². The van der Waals surface area contributed by atoms with Crippen LogP contribution in [0.5, 0.6) is 0 Å². The summed E-state index contributed by atoms with van der Waals surface area (Å²) in [6.45, 7) is 2.01. The van der Waals surface area contributed by atoms with Crippen LogP contribution in [0.1, 0.15) is 24.0 Å². The minimum atomic E-state index is -2.91. The number of aryl methyl sites for hydroxylation is 1. The molecule has 1 aromatic rings. The van der Waals surface area contributed by atoms with Gasteiger partial charge in [0.25, 0.3) is 0 Å². The van der Waals surface area contributed by atoms with Gasteiger partial charge < -0.3 is 5.11 Å². The molecule has 96 valence electrons. The summed E-state index contributed by atoms with van der Waals surface area (Å²) < 4.78 is 21.9. The maximum atomic E-state index is 10.9. The fraction of sp³-hybridized carbons (Fsp3) is 0.538. The number of hydrogen-bond acceptors (Lipinski definition) is 3. The first kappa shape index (κ1) is 14.2. The molecule has 1 rings (SSSR count). The zero-order valence-corrected chi connectivity index (χ0v) is 11.2. The fourth-order valence-corrected chi connectivity index (χ4v) is 2.47. The minimum Gasteiger partial charge on any atom is -0.393 e. The highest BCUT2D eigenvalue weighted by Crippen LogP contribution is 2.12. The molecule has 0 aliphatic rings. The zero-order valence-electron chi connectivity index (χ0n) is 10.4. The largest absolute Gasteiger partial charge is 0.393 e. The van der Waals surface area contributed by atoms with Crippen LogP contribution in [0.3, 0.4) is 0 Å². The first-order valence-electron chi connectivity index (χ1n) is 5.79. The molecule has 1 unspecified atom stereocenters. The van der Waals surface area contributed by atoms with E-state index in [0.717, 1.165) is 11.1 Å². The van der Waals surface area contributed by atoms with Gasteiger partial charge in [-0.3, -0.25) is 0 Å². The van der Waals surface area contributed by atoms with Crippen LogP contribution in [-0.4, -0.2) is 31.6 Å². The van der Waals surface area contributed by atoms with Gasteiger partial charge >= 0.3 is 0 Å². The molecule has 0 bridgehead atoms. The van der Waals surface area contributed by atoms with Crippen molar-refractivity contribution in [1.82, 2.24) is 0 Å². The zero-order chi connectivity index (χ0) is 12.9. The van der Waals surface area contributed by atoms with Crippen molar-refractivity contribution in [3.63, 3.8) is 0 Å². The quantitative estimate of drug-likeness (QED) is 0.843. The lowest BCUT2D eigenvalue weighted by Gasteiger charge is -2.12. The molecule has 0 fully saturated rings. The van der Waals surface area contributed by atoms with E-state index in [-0.39, 0.29) is 5.75 Å².